The van der Waals surface area contributed by atoms with Gasteiger partial charge < -0.3 is 14.6 Å². The van der Waals surface area contributed by atoms with Crippen molar-refractivity contribution in [1.29, 1.82) is 0 Å². The standard InChI is InChI=1S/C7H14O2.C5H12.C4H10O/c1-3-7-4-6(2)8-5-9-7;1-4-5(2)3;1-3-4(2)5/h6-7H,3-5H2,1-2H3;5H,4H2,1-3H3;4-5H,3H2,1-2H3. The van der Waals surface area contributed by atoms with Crippen LogP contribution in [0.2, 0.25) is 0 Å². The lowest BCUT2D eigenvalue weighted by molar-refractivity contribution is -0.170. The van der Waals surface area contributed by atoms with Crippen molar-refractivity contribution in [3.63, 3.8) is 0 Å². The molecule has 0 radical (unpaired) electrons. The van der Waals surface area contributed by atoms with Crippen molar-refractivity contribution in [2.75, 3.05) is 6.79 Å². The van der Waals surface area contributed by atoms with Crippen LogP contribution in [0.5, 0.6) is 0 Å². The molecule has 1 aliphatic rings. The summed E-state index contributed by atoms with van der Waals surface area (Å²) < 4.78 is 10.5. The maximum Gasteiger partial charge on any atom is 0.147 e. The predicted octanol–water partition coefficient (Wildman–Crippen LogP) is 4.38. The van der Waals surface area contributed by atoms with Crippen molar-refractivity contribution in [2.45, 2.75) is 92.5 Å². The topological polar surface area (TPSA) is 38.7 Å². The molecule has 3 heteroatoms. The average molecular weight is 276 g/mol. The van der Waals surface area contributed by atoms with Gasteiger partial charge in [0.15, 0.2) is 0 Å². The summed E-state index contributed by atoms with van der Waals surface area (Å²) in [4.78, 5) is 0. The molecule has 1 saturated heterocycles. The lowest BCUT2D eigenvalue weighted by atomic mass is 10.1. The van der Waals surface area contributed by atoms with E-state index in [0.717, 1.165) is 25.2 Å². The lowest BCUT2D eigenvalue weighted by Gasteiger charge is -2.26. The second kappa shape index (κ2) is 14.3. The number of rotatable bonds is 3. The molecule has 0 bridgehead atoms. The molecule has 1 rings (SSSR count). The van der Waals surface area contributed by atoms with Gasteiger partial charge in [0, 0.05) is 0 Å². The van der Waals surface area contributed by atoms with Gasteiger partial charge in [0.2, 0.25) is 0 Å². The second-order valence-electron chi connectivity index (χ2n) is 5.59. The van der Waals surface area contributed by atoms with Crippen molar-refractivity contribution >= 4 is 0 Å². The molecule has 1 N–H and O–H groups in total. The molecular weight excluding hydrogens is 240 g/mol. The monoisotopic (exact) mass is 276 g/mol. The Kier molecular flexibility index (Phi) is 15.9. The molecular formula is C16H36O3. The number of ether oxygens (including phenoxy) is 2. The van der Waals surface area contributed by atoms with E-state index in [0.29, 0.717) is 19.0 Å². The molecule has 1 heterocycles. The van der Waals surface area contributed by atoms with Gasteiger partial charge in [-0.1, -0.05) is 41.0 Å². The summed E-state index contributed by atoms with van der Waals surface area (Å²) in [5.74, 6) is 0.884. The highest BCUT2D eigenvalue weighted by Gasteiger charge is 2.17. The average Bonchev–Trinajstić information content (AvgIpc) is 2.40. The normalized spacial score (nSPS) is 23.8. The summed E-state index contributed by atoms with van der Waals surface area (Å²) in [6, 6.07) is 0. The first kappa shape index (κ1) is 21.2. The molecule has 0 aliphatic carbocycles. The number of hydrogen-bond donors (Lipinski definition) is 1. The minimum absolute atomic E-state index is 0.116. The van der Waals surface area contributed by atoms with E-state index in [1.807, 2.05) is 6.92 Å². The van der Waals surface area contributed by atoms with Gasteiger partial charge in [-0.2, -0.15) is 0 Å². The van der Waals surface area contributed by atoms with Gasteiger partial charge in [0.25, 0.3) is 0 Å². The highest BCUT2D eigenvalue weighted by molar-refractivity contribution is 4.63. The van der Waals surface area contributed by atoms with Crippen molar-refractivity contribution in [2.24, 2.45) is 5.92 Å². The first-order valence-corrected chi connectivity index (χ1v) is 7.78. The fraction of sp³-hybridized carbons (Fsp3) is 1.00. The third-order valence-electron chi connectivity index (χ3n) is 3.11. The molecule has 0 spiro atoms. The van der Waals surface area contributed by atoms with E-state index in [2.05, 4.69) is 34.6 Å². The van der Waals surface area contributed by atoms with Crippen LogP contribution in [0.15, 0.2) is 0 Å². The number of aliphatic hydroxyl groups excluding tert-OH is 1. The summed E-state index contributed by atoms with van der Waals surface area (Å²) >= 11 is 0. The lowest BCUT2D eigenvalue weighted by Crippen LogP contribution is -2.28. The highest BCUT2D eigenvalue weighted by Crippen LogP contribution is 2.14. The van der Waals surface area contributed by atoms with Crippen LogP contribution in [-0.4, -0.2) is 30.2 Å². The van der Waals surface area contributed by atoms with Gasteiger partial charge in [0.05, 0.1) is 18.3 Å². The maximum absolute atomic E-state index is 8.36. The molecule has 1 fully saturated rings. The third kappa shape index (κ3) is 17.9. The fourth-order valence-electron chi connectivity index (χ4n) is 1.04. The summed E-state index contributed by atoms with van der Waals surface area (Å²) in [5.41, 5.74) is 0. The van der Waals surface area contributed by atoms with E-state index in [1.165, 1.54) is 6.42 Å². The summed E-state index contributed by atoms with van der Waals surface area (Å²) in [6.07, 6.45) is 5.04. The van der Waals surface area contributed by atoms with Gasteiger partial charge >= 0.3 is 0 Å². The summed E-state index contributed by atoms with van der Waals surface area (Å²) in [6.45, 7) is 15.1. The highest BCUT2D eigenvalue weighted by atomic mass is 16.7. The molecule has 118 valence electrons. The Hall–Kier alpha value is -0.120. The van der Waals surface area contributed by atoms with E-state index in [-0.39, 0.29) is 6.10 Å². The van der Waals surface area contributed by atoms with Crippen LogP contribution in [0.3, 0.4) is 0 Å². The Morgan fingerprint density at radius 3 is 1.74 bits per heavy atom. The molecule has 19 heavy (non-hydrogen) atoms. The number of hydrogen-bond acceptors (Lipinski definition) is 3. The van der Waals surface area contributed by atoms with Crippen LogP contribution < -0.4 is 0 Å². The van der Waals surface area contributed by atoms with Crippen molar-refractivity contribution in [1.82, 2.24) is 0 Å². The Morgan fingerprint density at radius 2 is 1.53 bits per heavy atom. The van der Waals surface area contributed by atoms with Crippen LogP contribution in [0.25, 0.3) is 0 Å². The Bertz CT molecular complexity index is 161. The minimum Gasteiger partial charge on any atom is -0.393 e. The second-order valence-corrected chi connectivity index (χ2v) is 5.59. The Balaban J connectivity index is 0. The van der Waals surface area contributed by atoms with E-state index in [9.17, 15) is 0 Å². The van der Waals surface area contributed by atoms with Crippen LogP contribution in [0, 0.1) is 5.92 Å². The van der Waals surface area contributed by atoms with E-state index < -0.39 is 0 Å². The third-order valence-corrected chi connectivity index (χ3v) is 3.11. The molecule has 1 aliphatic heterocycles. The van der Waals surface area contributed by atoms with Gasteiger partial charge in [0.1, 0.15) is 6.79 Å². The Morgan fingerprint density at radius 1 is 1.05 bits per heavy atom. The van der Waals surface area contributed by atoms with Gasteiger partial charge in [-0.05, 0) is 39.0 Å². The number of aliphatic hydroxyl groups is 1. The molecule has 0 aromatic rings. The molecule has 0 aromatic carbocycles. The minimum atomic E-state index is -0.116. The van der Waals surface area contributed by atoms with Gasteiger partial charge in [-0.15, -0.1) is 0 Å². The molecule has 0 amide bonds. The van der Waals surface area contributed by atoms with Crippen LogP contribution in [0.1, 0.15) is 74.1 Å². The van der Waals surface area contributed by atoms with Crippen molar-refractivity contribution in [3.8, 4) is 0 Å². The molecule has 0 saturated carbocycles. The van der Waals surface area contributed by atoms with Crippen molar-refractivity contribution in [3.05, 3.63) is 0 Å². The first-order chi connectivity index (χ1) is 8.87. The Labute approximate surface area is 120 Å². The fourth-order valence-corrected chi connectivity index (χ4v) is 1.04. The van der Waals surface area contributed by atoms with Crippen LogP contribution >= 0.6 is 0 Å². The van der Waals surface area contributed by atoms with Gasteiger partial charge in [-0.25, -0.2) is 0 Å². The van der Waals surface area contributed by atoms with E-state index in [4.69, 9.17) is 14.6 Å². The van der Waals surface area contributed by atoms with Crippen LogP contribution in [0.4, 0.5) is 0 Å². The predicted molar refractivity (Wildman–Crippen MR) is 82.3 cm³/mol. The first-order valence-electron chi connectivity index (χ1n) is 7.78. The molecule has 3 atom stereocenters. The van der Waals surface area contributed by atoms with E-state index in [1.54, 1.807) is 6.92 Å². The van der Waals surface area contributed by atoms with Crippen molar-refractivity contribution < 1.29 is 14.6 Å². The quantitative estimate of drug-likeness (QED) is 0.831. The van der Waals surface area contributed by atoms with Crippen LogP contribution in [-0.2, 0) is 9.47 Å². The summed E-state index contributed by atoms with van der Waals surface area (Å²) in [5, 5.41) is 8.36. The molecule has 0 aromatic heterocycles. The molecule has 3 nitrogen and oxygen atoms in total. The maximum atomic E-state index is 8.36. The zero-order valence-electron chi connectivity index (χ0n) is 14.1. The molecule has 3 unspecified atom stereocenters. The smallest absolute Gasteiger partial charge is 0.147 e. The summed E-state index contributed by atoms with van der Waals surface area (Å²) in [7, 11) is 0. The van der Waals surface area contributed by atoms with E-state index >= 15 is 0 Å². The SMILES string of the molecule is CCC(C)C.CCC(C)O.CCC1CC(C)OCO1. The zero-order valence-corrected chi connectivity index (χ0v) is 14.1. The van der Waals surface area contributed by atoms with Gasteiger partial charge in [-0.3, -0.25) is 0 Å². The largest absolute Gasteiger partial charge is 0.393 e. The zero-order chi connectivity index (χ0) is 15.3.